The van der Waals surface area contributed by atoms with Gasteiger partial charge in [-0.25, -0.2) is 12.8 Å². The van der Waals surface area contributed by atoms with Crippen molar-refractivity contribution >= 4 is 21.4 Å². The monoisotopic (exact) mass is 274 g/mol. The first-order valence-electron chi connectivity index (χ1n) is 5.30. The number of nitrogens with two attached hydrogens (primary N) is 1. The van der Waals surface area contributed by atoms with Gasteiger partial charge in [0.2, 0.25) is 5.91 Å². The van der Waals surface area contributed by atoms with Crippen LogP contribution in [0.2, 0.25) is 0 Å². The lowest BCUT2D eigenvalue weighted by molar-refractivity contribution is -0.113. The van der Waals surface area contributed by atoms with Crippen molar-refractivity contribution in [3.8, 4) is 0 Å². The van der Waals surface area contributed by atoms with E-state index in [2.05, 4.69) is 5.32 Å². The summed E-state index contributed by atoms with van der Waals surface area (Å²) in [7, 11) is -3.54. The number of halogens is 1. The largest absolute Gasteiger partial charge is 0.327 e. The minimum Gasteiger partial charge on any atom is -0.327 e. The smallest absolute Gasteiger partial charge is 0.239 e. The quantitative estimate of drug-likeness (QED) is 0.819. The minimum atomic E-state index is -3.54. The van der Waals surface area contributed by atoms with E-state index in [4.69, 9.17) is 5.73 Å². The molecule has 0 aliphatic rings. The molecule has 0 heterocycles. The number of nitrogens with one attached hydrogen (secondary N) is 1. The molecule has 0 aromatic heterocycles. The number of carbonyl (C=O) groups excluding carboxylic acids is 1. The van der Waals surface area contributed by atoms with E-state index in [-0.39, 0.29) is 11.4 Å². The molecule has 5 nitrogen and oxygen atoms in total. The first kappa shape index (κ1) is 14.6. The molecule has 1 rings (SSSR count). The fourth-order valence-electron chi connectivity index (χ4n) is 1.42. The summed E-state index contributed by atoms with van der Waals surface area (Å²) in [5.41, 5.74) is 5.58. The lowest BCUT2D eigenvalue weighted by atomic mass is 10.3. The summed E-state index contributed by atoms with van der Waals surface area (Å²) >= 11 is 0. The zero-order chi connectivity index (χ0) is 13.8. The van der Waals surface area contributed by atoms with E-state index >= 15 is 0 Å². The highest BCUT2D eigenvalue weighted by Gasteiger charge is 2.18. The van der Waals surface area contributed by atoms with Crippen molar-refractivity contribution in [3.05, 3.63) is 30.1 Å². The first-order chi connectivity index (χ1) is 8.28. The lowest BCUT2D eigenvalue weighted by Crippen LogP contribution is -2.32. The topological polar surface area (TPSA) is 89.3 Å². The van der Waals surface area contributed by atoms with Crippen molar-refractivity contribution in [2.45, 2.75) is 13.0 Å². The molecule has 0 spiro atoms. The Hall–Kier alpha value is -1.47. The van der Waals surface area contributed by atoms with Crippen molar-refractivity contribution in [3.63, 3.8) is 0 Å². The molecule has 1 aromatic rings. The van der Waals surface area contributed by atoms with Gasteiger partial charge in [0.05, 0.1) is 5.75 Å². The molecule has 1 atom stereocenters. The summed E-state index contributed by atoms with van der Waals surface area (Å²) in [5, 5.41) is 2.31. The van der Waals surface area contributed by atoms with Gasteiger partial charge in [0.1, 0.15) is 11.6 Å². The Kier molecular flexibility index (Phi) is 4.80. The molecular weight excluding hydrogens is 259 g/mol. The molecule has 3 N–H and O–H groups in total. The Balaban J connectivity index is 2.62. The lowest BCUT2D eigenvalue weighted by Gasteiger charge is -2.08. The summed E-state index contributed by atoms with van der Waals surface area (Å²) in [6.07, 6.45) is 0. The number of rotatable bonds is 5. The highest BCUT2D eigenvalue weighted by atomic mass is 32.2. The predicted molar refractivity (Wildman–Crippen MR) is 67.3 cm³/mol. The molecule has 0 bridgehead atoms. The van der Waals surface area contributed by atoms with Gasteiger partial charge < -0.3 is 11.1 Å². The summed E-state index contributed by atoms with van der Waals surface area (Å²) in [5.74, 6) is -2.14. The maximum absolute atomic E-state index is 12.8. The maximum atomic E-state index is 12.8. The highest BCUT2D eigenvalue weighted by Crippen LogP contribution is 2.09. The van der Waals surface area contributed by atoms with E-state index < -0.39 is 33.4 Å². The Morgan fingerprint density at radius 3 is 2.72 bits per heavy atom. The average Bonchev–Trinajstić information content (AvgIpc) is 2.13. The van der Waals surface area contributed by atoms with Gasteiger partial charge in [0.25, 0.3) is 0 Å². The zero-order valence-electron chi connectivity index (χ0n) is 9.89. The normalized spacial score (nSPS) is 13.1. The standard InChI is InChI=1S/C11H15FN2O3S/c1-8(13)6-18(16,17)7-11(15)14-10-4-2-3-9(12)5-10/h2-5,8H,6-7,13H2,1H3,(H,14,15). The molecule has 0 saturated heterocycles. The van der Waals surface area contributed by atoms with Crippen molar-refractivity contribution in [1.29, 1.82) is 0 Å². The highest BCUT2D eigenvalue weighted by molar-refractivity contribution is 7.92. The molecule has 0 saturated carbocycles. The van der Waals surface area contributed by atoms with Crippen LogP contribution in [0.3, 0.4) is 0 Å². The second-order valence-corrected chi connectivity index (χ2v) is 6.20. The number of carbonyl (C=O) groups is 1. The van der Waals surface area contributed by atoms with E-state index in [9.17, 15) is 17.6 Å². The van der Waals surface area contributed by atoms with E-state index in [1.54, 1.807) is 6.92 Å². The molecule has 0 aliphatic heterocycles. The zero-order valence-corrected chi connectivity index (χ0v) is 10.7. The van der Waals surface area contributed by atoms with Crippen molar-refractivity contribution in [1.82, 2.24) is 0 Å². The molecule has 1 aromatic carbocycles. The molecule has 7 heteroatoms. The fourth-order valence-corrected chi connectivity index (χ4v) is 2.81. The average molecular weight is 274 g/mol. The van der Waals surface area contributed by atoms with Gasteiger partial charge in [-0.3, -0.25) is 4.79 Å². The molecular formula is C11H15FN2O3S. The minimum absolute atomic E-state index is 0.219. The van der Waals surface area contributed by atoms with Crippen LogP contribution in [-0.2, 0) is 14.6 Å². The summed E-state index contributed by atoms with van der Waals surface area (Å²) < 4.78 is 35.8. The second kappa shape index (κ2) is 5.92. The Morgan fingerprint density at radius 2 is 2.17 bits per heavy atom. The van der Waals surface area contributed by atoms with E-state index in [1.807, 2.05) is 0 Å². The van der Waals surface area contributed by atoms with Crippen molar-refractivity contribution in [2.75, 3.05) is 16.8 Å². The third-order valence-corrected chi connectivity index (χ3v) is 3.71. The van der Waals surface area contributed by atoms with Crippen LogP contribution in [0.15, 0.2) is 24.3 Å². The van der Waals surface area contributed by atoms with E-state index in [1.165, 1.54) is 18.2 Å². The van der Waals surface area contributed by atoms with Crippen LogP contribution >= 0.6 is 0 Å². The summed E-state index contributed by atoms with van der Waals surface area (Å²) in [4.78, 5) is 11.5. The van der Waals surface area contributed by atoms with Gasteiger partial charge in [0, 0.05) is 11.7 Å². The Bertz CT molecular complexity index is 529. The van der Waals surface area contributed by atoms with Crippen molar-refractivity contribution < 1.29 is 17.6 Å². The van der Waals surface area contributed by atoms with Crippen LogP contribution in [0.4, 0.5) is 10.1 Å². The van der Waals surface area contributed by atoms with Crippen LogP contribution < -0.4 is 11.1 Å². The van der Waals surface area contributed by atoms with Crippen molar-refractivity contribution in [2.24, 2.45) is 5.73 Å². The summed E-state index contributed by atoms with van der Waals surface area (Å²) in [6.45, 7) is 1.54. The van der Waals surface area contributed by atoms with E-state index in [0.29, 0.717) is 0 Å². The van der Waals surface area contributed by atoms with Gasteiger partial charge in [-0.15, -0.1) is 0 Å². The third kappa shape index (κ3) is 5.24. The van der Waals surface area contributed by atoms with Gasteiger partial charge in [-0.1, -0.05) is 6.07 Å². The molecule has 1 unspecified atom stereocenters. The molecule has 1 amide bonds. The Labute approximate surface area is 105 Å². The van der Waals surface area contributed by atoms with Gasteiger partial charge in [-0.2, -0.15) is 0 Å². The molecule has 18 heavy (non-hydrogen) atoms. The molecule has 0 fully saturated rings. The van der Waals surface area contributed by atoms with Gasteiger partial charge in [0.15, 0.2) is 9.84 Å². The van der Waals surface area contributed by atoms with Crippen LogP contribution in [0.1, 0.15) is 6.92 Å². The van der Waals surface area contributed by atoms with Crippen LogP contribution in [-0.4, -0.2) is 31.9 Å². The predicted octanol–water partition coefficient (Wildman–Crippen LogP) is 0.526. The molecule has 0 radical (unpaired) electrons. The molecule has 100 valence electrons. The SMILES string of the molecule is CC(N)CS(=O)(=O)CC(=O)Nc1cccc(F)c1. The third-order valence-electron chi connectivity index (χ3n) is 1.98. The van der Waals surface area contributed by atoms with E-state index in [0.717, 1.165) is 6.07 Å². The first-order valence-corrected chi connectivity index (χ1v) is 7.12. The van der Waals surface area contributed by atoms with Crippen LogP contribution in [0.5, 0.6) is 0 Å². The number of hydrogen-bond donors (Lipinski definition) is 2. The number of benzene rings is 1. The number of sulfone groups is 1. The molecule has 0 aliphatic carbocycles. The van der Waals surface area contributed by atoms with Crippen LogP contribution in [0.25, 0.3) is 0 Å². The number of amides is 1. The van der Waals surface area contributed by atoms with Crippen LogP contribution in [0, 0.1) is 5.82 Å². The number of hydrogen-bond acceptors (Lipinski definition) is 4. The number of anilines is 1. The van der Waals surface area contributed by atoms with Gasteiger partial charge >= 0.3 is 0 Å². The second-order valence-electron chi connectivity index (χ2n) is 4.09. The fraction of sp³-hybridized carbons (Fsp3) is 0.364. The maximum Gasteiger partial charge on any atom is 0.239 e. The Morgan fingerprint density at radius 1 is 1.50 bits per heavy atom. The summed E-state index contributed by atoms with van der Waals surface area (Å²) in [6, 6.07) is 4.69. The van der Waals surface area contributed by atoms with Gasteiger partial charge in [-0.05, 0) is 25.1 Å².